The van der Waals surface area contributed by atoms with Crippen LogP contribution in [0, 0.1) is 5.92 Å². The van der Waals surface area contributed by atoms with Crippen molar-refractivity contribution in [1.29, 1.82) is 0 Å². The number of hydrogen-bond acceptors (Lipinski definition) is 3. The molecule has 1 saturated heterocycles. The molecule has 0 saturated carbocycles. The van der Waals surface area contributed by atoms with Gasteiger partial charge in [0.1, 0.15) is 0 Å². The number of aromatic nitrogens is 1. The Hall–Kier alpha value is -1.62. The van der Waals surface area contributed by atoms with Gasteiger partial charge in [-0.3, -0.25) is 9.59 Å². The van der Waals surface area contributed by atoms with E-state index in [1.54, 1.807) is 6.07 Å². The van der Waals surface area contributed by atoms with Crippen molar-refractivity contribution in [2.24, 2.45) is 5.92 Å². The molecule has 1 aromatic rings. The van der Waals surface area contributed by atoms with E-state index < -0.39 is 0 Å². The standard InChI is InChI=1S/C17H26N2O3/c1-12(2)9-14-10-13(11-16(21)18-14)17(22)19-7-4-3-5-15(19)6-8-20/h10-12,15,20H,3-9H2,1-2H3,(H,18,21). The second-order valence-electron chi connectivity index (χ2n) is 6.52. The monoisotopic (exact) mass is 306 g/mol. The van der Waals surface area contributed by atoms with E-state index >= 15 is 0 Å². The number of carbonyl (C=O) groups is 1. The highest BCUT2D eigenvalue weighted by atomic mass is 16.3. The number of nitrogens with one attached hydrogen (secondary N) is 1. The number of hydrogen-bond donors (Lipinski definition) is 2. The summed E-state index contributed by atoms with van der Waals surface area (Å²) in [6.07, 6.45) is 4.34. The van der Waals surface area contributed by atoms with Gasteiger partial charge in [-0.05, 0) is 44.1 Å². The molecular formula is C17H26N2O3. The minimum atomic E-state index is -0.225. The van der Waals surface area contributed by atoms with Crippen molar-refractivity contribution in [1.82, 2.24) is 9.88 Å². The lowest BCUT2D eigenvalue weighted by atomic mass is 9.98. The first-order valence-corrected chi connectivity index (χ1v) is 8.16. The average Bonchev–Trinajstić information content (AvgIpc) is 2.46. The van der Waals surface area contributed by atoms with E-state index in [4.69, 9.17) is 0 Å². The molecule has 2 N–H and O–H groups in total. The first-order valence-electron chi connectivity index (χ1n) is 8.16. The molecule has 2 heterocycles. The van der Waals surface area contributed by atoms with Crippen molar-refractivity contribution in [3.8, 4) is 0 Å². The van der Waals surface area contributed by atoms with E-state index in [1.807, 2.05) is 4.90 Å². The number of aromatic amines is 1. The Labute approximate surface area is 131 Å². The molecule has 0 radical (unpaired) electrons. The number of amides is 1. The highest BCUT2D eigenvalue weighted by molar-refractivity contribution is 5.94. The van der Waals surface area contributed by atoms with Crippen LogP contribution in [-0.4, -0.2) is 40.1 Å². The fraction of sp³-hybridized carbons (Fsp3) is 0.647. The molecule has 1 aromatic heterocycles. The molecule has 122 valence electrons. The van der Waals surface area contributed by atoms with Crippen molar-refractivity contribution < 1.29 is 9.90 Å². The maximum Gasteiger partial charge on any atom is 0.254 e. The zero-order valence-corrected chi connectivity index (χ0v) is 13.5. The summed E-state index contributed by atoms with van der Waals surface area (Å²) in [5, 5.41) is 9.18. The van der Waals surface area contributed by atoms with Gasteiger partial charge in [-0.25, -0.2) is 0 Å². The Morgan fingerprint density at radius 2 is 2.18 bits per heavy atom. The number of aliphatic hydroxyl groups excluding tert-OH is 1. The predicted molar refractivity (Wildman–Crippen MR) is 86.0 cm³/mol. The van der Waals surface area contributed by atoms with E-state index in [-0.39, 0.29) is 24.1 Å². The highest BCUT2D eigenvalue weighted by Gasteiger charge is 2.27. The first kappa shape index (κ1) is 16.7. The topological polar surface area (TPSA) is 73.4 Å². The van der Waals surface area contributed by atoms with Gasteiger partial charge in [-0.15, -0.1) is 0 Å². The smallest absolute Gasteiger partial charge is 0.254 e. The summed E-state index contributed by atoms with van der Waals surface area (Å²) in [4.78, 5) is 29.2. The quantitative estimate of drug-likeness (QED) is 0.873. The van der Waals surface area contributed by atoms with Gasteiger partial charge in [0.05, 0.1) is 0 Å². The van der Waals surface area contributed by atoms with E-state index in [1.165, 1.54) is 6.07 Å². The van der Waals surface area contributed by atoms with Gasteiger partial charge in [0.2, 0.25) is 5.56 Å². The number of pyridine rings is 1. The number of rotatable bonds is 5. The maximum atomic E-state index is 12.8. The van der Waals surface area contributed by atoms with E-state index in [0.717, 1.165) is 31.4 Å². The fourth-order valence-corrected chi connectivity index (χ4v) is 3.16. The zero-order valence-electron chi connectivity index (χ0n) is 13.5. The molecule has 1 amide bonds. The summed E-state index contributed by atoms with van der Waals surface area (Å²) in [6.45, 7) is 4.95. The van der Waals surface area contributed by atoms with Gasteiger partial charge >= 0.3 is 0 Å². The molecule has 22 heavy (non-hydrogen) atoms. The normalized spacial score (nSPS) is 18.7. The summed E-state index contributed by atoms with van der Waals surface area (Å²) in [5.41, 5.74) is 1.04. The average molecular weight is 306 g/mol. The Kier molecular flexibility index (Phi) is 5.77. The molecule has 0 aromatic carbocycles. The van der Waals surface area contributed by atoms with Gasteiger partial charge in [-0.1, -0.05) is 13.8 Å². The Morgan fingerprint density at radius 3 is 2.86 bits per heavy atom. The van der Waals surface area contributed by atoms with Crippen molar-refractivity contribution >= 4 is 5.91 Å². The van der Waals surface area contributed by atoms with E-state index in [0.29, 0.717) is 24.4 Å². The van der Waals surface area contributed by atoms with Crippen LogP contribution in [0.4, 0.5) is 0 Å². The molecule has 2 rings (SSSR count). The second kappa shape index (κ2) is 7.58. The van der Waals surface area contributed by atoms with Gasteiger partial charge in [0.15, 0.2) is 0 Å². The van der Waals surface area contributed by atoms with Crippen LogP contribution in [0.5, 0.6) is 0 Å². The minimum absolute atomic E-state index is 0.0825. The number of aliphatic hydroxyl groups is 1. The molecule has 1 aliphatic rings. The summed E-state index contributed by atoms with van der Waals surface area (Å²) in [6, 6.07) is 3.27. The predicted octanol–water partition coefficient (Wildman–Crippen LogP) is 1.95. The van der Waals surface area contributed by atoms with E-state index in [2.05, 4.69) is 18.8 Å². The second-order valence-corrected chi connectivity index (χ2v) is 6.52. The van der Waals surface area contributed by atoms with Gasteiger partial charge in [-0.2, -0.15) is 0 Å². The SMILES string of the molecule is CC(C)Cc1cc(C(=O)N2CCCCC2CCO)cc(=O)[nH]1. The molecule has 5 heteroatoms. The molecule has 0 aliphatic carbocycles. The lowest BCUT2D eigenvalue weighted by Gasteiger charge is -2.35. The summed E-state index contributed by atoms with van der Waals surface area (Å²) < 4.78 is 0. The third-order valence-electron chi connectivity index (χ3n) is 4.13. The van der Waals surface area contributed by atoms with Crippen LogP contribution in [0.3, 0.4) is 0 Å². The summed E-state index contributed by atoms with van der Waals surface area (Å²) in [5.74, 6) is 0.326. The van der Waals surface area contributed by atoms with Crippen LogP contribution >= 0.6 is 0 Å². The van der Waals surface area contributed by atoms with Gasteiger partial charge in [0.25, 0.3) is 5.91 Å². The van der Waals surface area contributed by atoms with Crippen molar-refractivity contribution in [3.05, 3.63) is 33.7 Å². The third-order valence-corrected chi connectivity index (χ3v) is 4.13. The fourth-order valence-electron chi connectivity index (χ4n) is 3.16. The first-order chi connectivity index (χ1) is 10.5. The van der Waals surface area contributed by atoms with Crippen LogP contribution in [0.2, 0.25) is 0 Å². The number of carbonyl (C=O) groups excluding carboxylic acids is 1. The molecule has 0 spiro atoms. The zero-order chi connectivity index (χ0) is 16.1. The van der Waals surface area contributed by atoms with Gasteiger partial charge < -0.3 is 15.0 Å². The molecule has 1 fully saturated rings. The number of H-pyrrole nitrogens is 1. The molecule has 5 nitrogen and oxygen atoms in total. The van der Waals surface area contributed by atoms with Crippen molar-refractivity contribution in [2.45, 2.75) is 52.0 Å². The number of piperidine rings is 1. The lowest BCUT2D eigenvalue weighted by Crippen LogP contribution is -2.44. The maximum absolute atomic E-state index is 12.8. The van der Waals surface area contributed by atoms with Crippen LogP contribution < -0.4 is 5.56 Å². The molecule has 1 atom stereocenters. The molecule has 0 bridgehead atoms. The van der Waals surface area contributed by atoms with Crippen LogP contribution in [0.25, 0.3) is 0 Å². The number of likely N-dealkylation sites (tertiary alicyclic amines) is 1. The molecular weight excluding hydrogens is 280 g/mol. The van der Waals surface area contributed by atoms with Crippen LogP contribution in [-0.2, 0) is 6.42 Å². The largest absolute Gasteiger partial charge is 0.396 e. The molecule has 1 unspecified atom stereocenters. The Bertz CT molecular complexity index is 563. The Morgan fingerprint density at radius 1 is 1.41 bits per heavy atom. The van der Waals surface area contributed by atoms with Crippen LogP contribution in [0.15, 0.2) is 16.9 Å². The minimum Gasteiger partial charge on any atom is -0.396 e. The lowest BCUT2D eigenvalue weighted by molar-refractivity contribution is 0.0574. The summed E-state index contributed by atoms with van der Waals surface area (Å²) in [7, 11) is 0. The van der Waals surface area contributed by atoms with Crippen molar-refractivity contribution in [2.75, 3.05) is 13.2 Å². The summed E-state index contributed by atoms with van der Waals surface area (Å²) >= 11 is 0. The van der Waals surface area contributed by atoms with Gasteiger partial charge in [0, 0.05) is 36.5 Å². The number of nitrogens with zero attached hydrogens (tertiary/aromatic N) is 1. The molecule has 1 aliphatic heterocycles. The highest BCUT2D eigenvalue weighted by Crippen LogP contribution is 2.21. The van der Waals surface area contributed by atoms with E-state index in [9.17, 15) is 14.7 Å². The third kappa shape index (κ3) is 4.19. The van der Waals surface area contributed by atoms with Crippen LogP contribution in [0.1, 0.15) is 55.6 Å². The van der Waals surface area contributed by atoms with Crippen molar-refractivity contribution in [3.63, 3.8) is 0 Å². The Balaban J connectivity index is 2.23.